The van der Waals surface area contributed by atoms with Gasteiger partial charge in [-0.15, -0.1) is 0 Å². The molecule has 5 unspecified atom stereocenters. The number of hydrogen-bond acceptors (Lipinski definition) is 15. The van der Waals surface area contributed by atoms with Crippen LogP contribution in [0.15, 0.2) is 134 Å². The van der Waals surface area contributed by atoms with Gasteiger partial charge in [0.1, 0.15) is 19.3 Å². The van der Waals surface area contributed by atoms with E-state index in [0.717, 1.165) is 199 Å². The molecule has 19 heteroatoms. The Morgan fingerprint density at radius 2 is 0.520 bits per heavy atom. The minimum atomic E-state index is -4.99. The summed E-state index contributed by atoms with van der Waals surface area (Å²) < 4.78 is 68.5. The van der Waals surface area contributed by atoms with Gasteiger partial charge in [-0.25, -0.2) is 9.13 Å². The van der Waals surface area contributed by atoms with Crippen molar-refractivity contribution in [2.45, 2.75) is 329 Å². The minimum Gasteiger partial charge on any atom is -0.462 e. The van der Waals surface area contributed by atoms with Gasteiger partial charge < -0.3 is 33.8 Å². The minimum absolute atomic E-state index is 0.0691. The number of esters is 4. The first kappa shape index (κ1) is 97.2. The van der Waals surface area contributed by atoms with Crippen LogP contribution in [0, 0.1) is 0 Å². The van der Waals surface area contributed by atoms with Crippen LogP contribution in [0.4, 0.5) is 0 Å². The van der Waals surface area contributed by atoms with Crippen molar-refractivity contribution in [2.24, 2.45) is 0 Å². The fraction of sp³-hybridized carbons (Fsp3) is 0.687. The van der Waals surface area contributed by atoms with E-state index < -0.39 is 97.5 Å². The summed E-state index contributed by atoms with van der Waals surface area (Å²) in [6.07, 6.45) is 82.9. The quantitative estimate of drug-likeness (QED) is 0.0169. The fourth-order valence-corrected chi connectivity index (χ4v) is 11.7. The van der Waals surface area contributed by atoms with Gasteiger partial charge in [0, 0.05) is 25.7 Å². The maximum Gasteiger partial charge on any atom is 0.472 e. The van der Waals surface area contributed by atoms with Crippen LogP contribution >= 0.6 is 15.6 Å². The highest BCUT2D eigenvalue weighted by atomic mass is 31.2. The number of ether oxygens (including phenoxy) is 4. The zero-order valence-electron chi connectivity index (χ0n) is 63.7. The van der Waals surface area contributed by atoms with Gasteiger partial charge in [-0.3, -0.25) is 37.3 Å². The van der Waals surface area contributed by atoms with E-state index in [-0.39, 0.29) is 25.7 Å². The van der Waals surface area contributed by atoms with Crippen molar-refractivity contribution in [3.63, 3.8) is 0 Å². The molecule has 0 aromatic heterocycles. The maximum absolute atomic E-state index is 13.1. The van der Waals surface area contributed by atoms with Crippen molar-refractivity contribution in [1.82, 2.24) is 0 Å². The second kappa shape index (κ2) is 74.5. The van der Waals surface area contributed by atoms with Crippen molar-refractivity contribution < 1.29 is 80.2 Å². The Hall–Kier alpha value is -4.80. The van der Waals surface area contributed by atoms with Crippen molar-refractivity contribution >= 4 is 39.5 Å². The number of rotatable bonds is 73. The molecule has 102 heavy (non-hydrogen) atoms. The topological polar surface area (TPSA) is 237 Å². The molecular formula is C83H140O17P2. The second-order valence-electron chi connectivity index (χ2n) is 25.9. The number of unbranched alkanes of at least 4 members (excludes halogenated alkanes) is 25. The molecular weight excluding hydrogens is 1330 g/mol. The molecule has 3 N–H and O–H groups in total. The number of phosphoric acid groups is 2. The van der Waals surface area contributed by atoms with Crippen LogP contribution in [-0.4, -0.2) is 96.7 Å². The van der Waals surface area contributed by atoms with Crippen molar-refractivity contribution in [3.05, 3.63) is 134 Å². The average molecular weight is 1470 g/mol. The number of phosphoric ester groups is 2. The highest BCUT2D eigenvalue weighted by Gasteiger charge is 2.30. The Morgan fingerprint density at radius 3 is 0.824 bits per heavy atom. The van der Waals surface area contributed by atoms with Gasteiger partial charge in [0.05, 0.1) is 26.4 Å². The van der Waals surface area contributed by atoms with E-state index in [1.807, 2.05) is 0 Å². The molecule has 0 aliphatic carbocycles. The molecule has 584 valence electrons. The number of carbonyl (C=O) groups excluding carboxylic acids is 4. The molecule has 0 saturated carbocycles. The van der Waals surface area contributed by atoms with Crippen LogP contribution < -0.4 is 0 Å². The Kier molecular flexibility index (Phi) is 71.0. The lowest BCUT2D eigenvalue weighted by Gasteiger charge is -2.21. The van der Waals surface area contributed by atoms with Crippen LogP contribution in [0.2, 0.25) is 0 Å². The van der Waals surface area contributed by atoms with Gasteiger partial charge in [0.2, 0.25) is 0 Å². The molecule has 0 aromatic carbocycles. The molecule has 0 radical (unpaired) electrons. The molecule has 0 amide bonds. The molecule has 0 heterocycles. The van der Waals surface area contributed by atoms with Crippen LogP contribution in [0.25, 0.3) is 0 Å². The molecule has 5 atom stereocenters. The van der Waals surface area contributed by atoms with Crippen LogP contribution in [0.1, 0.15) is 310 Å². The Morgan fingerprint density at radius 1 is 0.284 bits per heavy atom. The van der Waals surface area contributed by atoms with Gasteiger partial charge in [-0.1, -0.05) is 264 Å². The summed E-state index contributed by atoms with van der Waals surface area (Å²) in [6.45, 7) is 4.51. The van der Waals surface area contributed by atoms with Gasteiger partial charge in [-0.05, 0) is 154 Å². The van der Waals surface area contributed by atoms with E-state index in [2.05, 4.69) is 161 Å². The Labute approximate surface area is 618 Å². The zero-order chi connectivity index (χ0) is 74.6. The summed E-state index contributed by atoms with van der Waals surface area (Å²) >= 11 is 0. The first-order valence-electron chi connectivity index (χ1n) is 39.4. The number of aliphatic hydroxyl groups excluding tert-OH is 1. The second-order valence-corrected chi connectivity index (χ2v) is 28.8. The molecule has 0 saturated heterocycles. The average Bonchev–Trinajstić information content (AvgIpc) is 0.926. The highest BCUT2D eigenvalue weighted by Crippen LogP contribution is 2.45. The molecule has 0 fully saturated rings. The summed E-state index contributed by atoms with van der Waals surface area (Å²) in [6, 6.07) is 0. The predicted octanol–water partition coefficient (Wildman–Crippen LogP) is 22.9. The van der Waals surface area contributed by atoms with Crippen molar-refractivity contribution in [1.29, 1.82) is 0 Å². The van der Waals surface area contributed by atoms with E-state index in [1.165, 1.54) is 32.1 Å². The molecule has 0 spiro atoms. The number of aliphatic hydroxyl groups is 1. The lowest BCUT2D eigenvalue weighted by atomic mass is 10.1. The largest absolute Gasteiger partial charge is 0.472 e. The van der Waals surface area contributed by atoms with E-state index >= 15 is 0 Å². The Bertz CT molecular complexity index is 2460. The van der Waals surface area contributed by atoms with Crippen LogP contribution in [0.3, 0.4) is 0 Å². The standard InChI is InChI=1S/C83H140O17P2/c1-5-9-13-17-21-25-29-32-35-37-38-40-43-45-49-52-56-60-64-68-81(86)94-74-79(100-83(88)70-66-62-58-54-50-46-41-34-31-27-23-19-15-11-7-3)76-98-102(91,92)96-72-77(84)71-95-101(89,90)97-75-78(99-82(87)69-65-61-57-53-47-28-24-20-16-12-8-4)73-93-80(85)67-63-59-55-51-48-44-42-39-36-33-30-26-22-18-14-10-6-2/h10-11,14-15,20-27,32-36,38,40-42,44,77-79,84H,5-9,12-13,16-19,28-31,37,39,43,45-76H2,1-4H3,(H,89,90)(H,91,92)/b14-10-,15-11-,24-20-,25-21-,26-22-,27-23-,35-32-,36-33-,40-38-,41-34-,44-42-. The first-order valence-corrected chi connectivity index (χ1v) is 42.4. The van der Waals surface area contributed by atoms with Crippen LogP contribution in [-0.2, 0) is 65.4 Å². The SMILES string of the molecule is CC/C=C\C/C=C\C/C=C\C/C=C\CCCCCCC(=O)OCC(COP(=O)(O)OCC(O)COP(=O)(O)OCC(COC(=O)CCCCCCCC/C=C\C/C=C\C/C=C\CCCCC)OC(=O)CCCCCCC/C=C\C/C=C\C/C=C\CC)OC(=O)CCCCCCC/C=C\CCCC. The first-order chi connectivity index (χ1) is 49.7. The van der Waals surface area contributed by atoms with E-state index in [9.17, 15) is 43.2 Å². The lowest BCUT2D eigenvalue weighted by Crippen LogP contribution is -2.30. The van der Waals surface area contributed by atoms with Gasteiger partial charge >= 0.3 is 39.5 Å². The summed E-state index contributed by atoms with van der Waals surface area (Å²) in [5.41, 5.74) is 0. The molecule has 0 aliphatic rings. The number of allylic oxidation sites excluding steroid dienone is 22. The van der Waals surface area contributed by atoms with E-state index in [0.29, 0.717) is 25.7 Å². The van der Waals surface area contributed by atoms with Gasteiger partial charge in [0.25, 0.3) is 0 Å². The summed E-state index contributed by atoms with van der Waals surface area (Å²) in [5, 5.41) is 10.6. The van der Waals surface area contributed by atoms with E-state index in [4.69, 9.17) is 37.0 Å². The lowest BCUT2D eigenvalue weighted by molar-refractivity contribution is -0.161. The summed E-state index contributed by atoms with van der Waals surface area (Å²) in [5.74, 6) is -2.24. The number of carbonyl (C=O) groups is 4. The third kappa shape index (κ3) is 73.5. The van der Waals surface area contributed by atoms with Gasteiger partial charge in [0.15, 0.2) is 12.2 Å². The van der Waals surface area contributed by atoms with E-state index in [1.54, 1.807) is 0 Å². The normalized spacial score (nSPS) is 14.6. The van der Waals surface area contributed by atoms with Gasteiger partial charge in [-0.2, -0.15) is 0 Å². The number of hydrogen-bond donors (Lipinski definition) is 3. The molecule has 0 bridgehead atoms. The third-order valence-electron chi connectivity index (χ3n) is 16.1. The van der Waals surface area contributed by atoms with Crippen molar-refractivity contribution in [2.75, 3.05) is 39.6 Å². The summed E-state index contributed by atoms with van der Waals surface area (Å²) in [4.78, 5) is 72.9. The molecule has 0 aliphatic heterocycles. The zero-order valence-corrected chi connectivity index (χ0v) is 65.5. The van der Waals surface area contributed by atoms with Crippen LogP contribution in [0.5, 0.6) is 0 Å². The smallest absolute Gasteiger partial charge is 0.462 e. The highest BCUT2D eigenvalue weighted by molar-refractivity contribution is 7.47. The fourth-order valence-electron chi connectivity index (χ4n) is 10.1. The Balaban J connectivity index is 5.37. The molecule has 0 rings (SSSR count). The maximum atomic E-state index is 13.1. The predicted molar refractivity (Wildman–Crippen MR) is 418 cm³/mol. The molecule has 0 aromatic rings. The monoisotopic (exact) mass is 1470 g/mol. The third-order valence-corrected chi connectivity index (χ3v) is 18.0. The van der Waals surface area contributed by atoms with Crippen molar-refractivity contribution in [3.8, 4) is 0 Å². The molecule has 17 nitrogen and oxygen atoms in total. The summed E-state index contributed by atoms with van der Waals surface area (Å²) in [7, 11) is -9.97.